The van der Waals surface area contributed by atoms with Gasteiger partial charge in [0.15, 0.2) is 0 Å². The molecule has 0 aromatic heterocycles. The van der Waals surface area contributed by atoms with Crippen molar-refractivity contribution in [1.29, 1.82) is 0 Å². The molecule has 0 heterocycles. The van der Waals surface area contributed by atoms with Gasteiger partial charge in [-0.15, -0.1) is 6.42 Å². The number of rotatable bonds is 9. The van der Waals surface area contributed by atoms with Gasteiger partial charge in [0.05, 0.1) is 12.4 Å². The SMILES string of the molecule is C#CCOS(=O)(=O)CCCOP(=O)(CC)OC. The first kappa shape index (κ1) is 16.6. The molecular weight excluding hydrogens is 267 g/mol. The Kier molecular flexibility index (Phi) is 7.68. The molecule has 1 atom stereocenters. The average Bonchev–Trinajstić information content (AvgIpc) is 2.32. The second-order valence-electron chi connectivity index (χ2n) is 3.02. The summed E-state index contributed by atoms with van der Waals surface area (Å²) in [6.07, 6.45) is 5.27. The molecule has 0 saturated heterocycles. The van der Waals surface area contributed by atoms with Crippen molar-refractivity contribution in [1.82, 2.24) is 0 Å². The predicted molar refractivity (Wildman–Crippen MR) is 64.3 cm³/mol. The molecule has 0 bridgehead atoms. The molecule has 0 aliphatic heterocycles. The summed E-state index contributed by atoms with van der Waals surface area (Å²) in [7, 11) is -5.39. The van der Waals surface area contributed by atoms with Crippen molar-refractivity contribution >= 4 is 17.7 Å². The fourth-order valence-corrected chi connectivity index (χ4v) is 2.69. The van der Waals surface area contributed by atoms with Crippen LogP contribution in [0, 0.1) is 12.3 Å². The Hall–Kier alpha value is -0.380. The minimum atomic E-state index is -3.63. The first-order valence-corrected chi connectivity index (χ1v) is 8.29. The van der Waals surface area contributed by atoms with E-state index in [4.69, 9.17) is 15.5 Å². The molecule has 0 aliphatic rings. The Balaban J connectivity index is 3.94. The van der Waals surface area contributed by atoms with Gasteiger partial charge in [0.25, 0.3) is 10.1 Å². The van der Waals surface area contributed by atoms with Crippen molar-refractivity contribution in [2.45, 2.75) is 13.3 Å². The van der Waals surface area contributed by atoms with Gasteiger partial charge in [-0.05, 0) is 6.42 Å². The van der Waals surface area contributed by atoms with Crippen molar-refractivity contribution in [2.24, 2.45) is 0 Å². The highest BCUT2D eigenvalue weighted by Gasteiger charge is 2.20. The summed E-state index contributed by atoms with van der Waals surface area (Å²) >= 11 is 0. The van der Waals surface area contributed by atoms with E-state index in [1.165, 1.54) is 7.11 Å². The van der Waals surface area contributed by atoms with Crippen LogP contribution in [-0.4, -0.2) is 40.7 Å². The van der Waals surface area contributed by atoms with Crippen LogP contribution in [0.1, 0.15) is 13.3 Å². The predicted octanol–water partition coefficient (Wildman–Crippen LogP) is 1.23. The van der Waals surface area contributed by atoms with Crippen LogP contribution in [-0.2, 0) is 27.9 Å². The van der Waals surface area contributed by atoms with E-state index in [0.29, 0.717) is 0 Å². The molecule has 6 nitrogen and oxygen atoms in total. The van der Waals surface area contributed by atoms with E-state index < -0.39 is 17.7 Å². The standard InChI is InChI=1S/C9H17O6PS/c1-4-7-15-17(11,12)9-6-8-14-16(10,5-2)13-3/h1H,5-9H2,2-3H3. The highest BCUT2D eigenvalue weighted by Crippen LogP contribution is 2.46. The highest BCUT2D eigenvalue weighted by atomic mass is 32.2. The van der Waals surface area contributed by atoms with Crippen LogP contribution in [0.2, 0.25) is 0 Å². The van der Waals surface area contributed by atoms with Gasteiger partial charge < -0.3 is 9.05 Å². The molecule has 1 unspecified atom stereocenters. The third-order valence-corrected chi connectivity index (χ3v) is 4.99. The molecular formula is C9H17O6PS. The van der Waals surface area contributed by atoms with E-state index >= 15 is 0 Å². The lowest BCUT2D eigenvalue weighted by Gasteiger charge is -2.13. The maximum atomic E-state index is 11.6. The Bertz CT molecular complexity index is 388. The van der Waals surface area contributed by atoms with Crippen LogP contribution in [0.25, 0.3) is 0 Å². The Labute approximate surface area is 102 Å². The summed E-state index contributed by atoms with van der Waals surface area (Å²) in [5.74, 6) is 1.83. The van der Waals surface area contributed by atoms with Gasteiger partial charge in [-0.25, -0.2) is 0 Å². The van der Waals surface area contributed by atoms with E-state index in [1.807, 2.05) is 0 Å². The molecule has 0 radical (unpaired) electrons. The van der Waals surface area contributed by atoms with Gasteiger partial charge in [-0.3, -0.25) is 8.75 Å². The van der Waals surface area contributed by atoms with Crippen molar-refractivity contribution in [3.05, 3.63) is 0 Å². The van der Waals surface area contributed by atoms with E-state index in [9.17, 15) is 13.0 Å². The third-order valence-electron chi connectivity index (χ3n) is 1.81. The molecule has 0 amide bonds. The van der Waals surface area contributed by atoms with E-state index in [1.54, 1.807) is 6.92 Å². The molecule has 8 heteroatoms. The second-order valence-corrected chi connectivity index (χ2v) is 7.26. The van der Waals surface area contributed by atoms with Gasteiger partial charge in [-0.2, -0.15) is 8.42 Å². The lowest BCUT2D eigenvalue weighted by Crippen LogP contribution is -2.12. The Morgan fingerprint density at radius 3 is 2.53 bits per heavy atom. The summed E-state index contributed by atoms with van der Waals surface area (Å²) in [5.41, 5.74) is 0. The first-order valence-electron chi connectivity index (χ1n) is 4.99. The summed E-state index contributed by atoms with van der Waals surface area (Å²) in [6, 6.07) is 0. The first-order chi connectivity index (χ1) is 7.89. The number of hydrogen-bond acceptors (Lipinski definition) is 6. The number of hydrogen-bond donors (Lipinski definition) is 0. The van der Waals surface area contributed by atoms with Gasteiger partial charge in [0, 0.05) is 13.3 Å². The highest BCUT2D eigenvalue weighted by molar-refractivity contribution is 7.86. The largest absolute Gasteiger partial charge is 0.330 e. The van der Waals surface area contributed by atoms with Crippen LogP contribution in [0.4, 0.5) is 0 Å². The summed E-state index contributed by atoms with van der Waals surface area (Å²) in [4.78, 5) is 0. The van der Waals surface area contributed by atoms with E-state index in [0.717, 1.165) is 0 Å². The van der Waals surface area contributed by atoms with Gasteiger partial charge in [0.2, 0.25) is 0 Å². The second kappa shape index (κ2) is 7.85. The lowest BCUT2D eigenvalue weighted by molar-refractivity contribution is 0.234. The molecule has 0 aromatic rings. The van der Waals surface area contributed by atoms with Crippen LogP contribution >= 0.6 is 7.60 Å². The summed E-state index contributed by atoms with van der Waals surface area (Å²) in [5, 5.41) is 0. The smallest absolute Gasteiger partial charge is 0.312 e. The van der Waals surface area contributed by atoms with Crippen molar-refractivity contribution < 1.29 is 26.2 Å². The Morgan fingerprint density at radius 2 is 2.06 bits per heavy atom. The van der Waals surface area contributed by atoms with Crippen molar-refractivity contribution in [3.63, 3.8) is 0 Å². The van der Waals surface area contributed by atoms with Gasteiger partial charge >= 0.3 is 7.60 Å². The Morgan fingerprint density at radius 1 is 1.41 bits per heavy atom. The maximum Gasteiger partial charge on any atom is 0.330 e. The van der Waals surface area contributed by atoms with Crippen LogP contribution in [0.5, 0.6) is 0 Å². The molecule has 0 fully saturated rings. The molecule has 0 saturated carbocycles. The zero-order valence-electron chi connectivity index (χ0n) is 9.92. The quantitative estimate of drug-likeness (QED) is 0.274. The molecule has 0 N–H and O–H groups in total. The number of terminal acetylenes is 1. The molecule has 0 aromatic carbocycles. The van der Waals surface area contributed by atoms with Crippen molar-refractivity contribution in [2.75, 3.05) is 32.2 Å². The molecule has 0 aliphatic carbocycles. The maximum absolute atomic E-state index is 11.6. The van der Waals surface area contributed by atoms with Gasteiger partial charge in [-0.1, -0.05) is 12.8 Å². The molecule has 100 valence electrons. The zero-order valence-corrected chi connectivity index (χ0v) is 11.6. The summed E-state index contributed by atoms with van der Waals surface area (Å²) in [6.45, 7) is 1.41. The van der Waals surface area contributed by atoms with Crippen molar-refractivity contribution in [3.8, 4) is 12.3 Å². The van der Waals surface area contributed by atoms with Gasteiger partial charge in [0.1, 0.15) is 6.61 Å². The molecule has 17 heavy (non-hydrogen) atoms. The van der Waals surface area contributed by atoms with Crippen LogP contribution < -0.4 is 0 Å². The fraction of sp³-hybridized carbons (Fsp3) is 0.778. The summed E-state index contributed by atoms with van der Waals surface area (Å²) < 4.78 is 48.1. The minimum Gasteiger partial charge on any atom is -0.312 e. The van der Waals surface area contributed by atoms with Crippen LogP contribution in [0.15, 0.2) is 0 Å². The minimum absolute atomic E-state index is 0.0254. The molecule has 0 spiro atoms. The van der Waals surface area contributed by atoms with Crippen LogP contribution in [0.3, 0.4) is 0 Å². The van der Waals surface area contributed by atoms with E-state index in [-0.39, 0.29) is 31.5 Å². The average molecular weight is 284 g/mol. The fourth-order valence-electron chi connectivity index (χ4n) is 0.895. The zero-order chi connectivity index (χ0) is 13.4. The monoisotopic (exact) mass is 284 g/mol. The molecule has 0 rings (SSSR count). The normalized spacial score (nSPS) is 15.1. The topological polar surface area (TPSA) is 78.9 Å². The van der Waals surface area contributed by atoms with E-state index in [2.05, 4.69) is 10.1 Å². The lowest BCUT2D eigenvalue weighted by atomic mass is 10.5. The third kappa shape index (κ3) is 7.53.